The van der Waals surface area contributed by atoms with Gasteiger partial charge in [0.25, 0.3) is 11.8 Å². The molecule has 2 bridgehead atoms. The minimum Gasteiger partial charge on any atom is -0.504 e. The summed E-state index contributed by atoms with van der Waals surface area (Å²) < 4.78 is 23.6. The van der Waals surface area contributed by atoms with Gasteiger partial charge in [0.2, 0.25) is 6.79 Å². The smallest absolute Gasteiger partial charge is 0.308 e. The molecule has 5 aliphatic rings. The number of likely N-dealkylation sites (N-methyl/N-ethyl adjacent to an activating group) is 1. The standard InChI is InChI=1S/C36H34N4O8/c1-16-10-19-11-23-25(13-37)40-24(29(38(23)4)27(19)30(42)31(16)45-5)12-22-28(34-33(46-15-47-34)17(2)32(22)48-18(3)41)26(40)14-39-35(43)20-8-6-7-9-21(20)36(39)44/h6-10,23-26,29,42H,11-12,14-15H2,1-5H3/t23?,24?,25-,26?,29?/m0/s1. The van der Waals surface area contributed by atoms with Crippen molar-refractivity contribution in [2.75, 3.05) is 27.5 Å². The Morgan fingerprint density at radius 3 is 2.38 bits per heavy atom. The highest BCUT2D eigenvalue weighted by molar-refractivity contribution is 6.21. The maximum atomic E-state index is 13.8. The van der Waals surface area contributed by atoms with Gasteiger partial charge in [-0.05, 0) is 57.0 Å². The average molecular weight is 651 g/mol. The van der Waals surface area contributed by atoms with Gasteiger partial charge in [0.15, 0.2) is 23.0 Å². The van der Waals surface area contributed by atoms with Crippen molar-refractivity contribution in [2.24, 2.45) is 0 Å². The number of rotatable bonds is 4. The number of ether oxygens (including phenoxy) is 4. The van der Waals surface area contributed by atoms with Crippen molar-refractivity contribution in [1.29, 1.82) is 5.26 Å². The minimum atomic E-state index is -0.745. The molecule has 8 rings (SSSR count). The summed E-state index contributed by atoms with van der Waals surface area (Å²) in [4.78, 5) is 45.6. The van der Waals surface area contributed by atoms with Crippen LogP contribution in [0.1, 0.15) is 73.1 Å². The van der Waals surface area contributed by atoms with E-state index in [1.165, 1.54) is 18.9 Å². The maximum Gasteiger partial charge on any atom is 0.308 e. The van der Waals surface area contributed by atoms with Crippen molar-refractivity contribution in [3.05, 3.63) is 74.8 Å². The fourth-order valence-corrected chi connectivity index (χ4v) is 8.87. The predicted octanol–water partition coefficient (Wildman–Crippen LogP) is 3.74. The number of carbonyl (C=O) groups excluding carboxylic acids is 3. The second-order valence-electron chi connectivity index (χ2n) is 13.1. The Kier molecular flexibility index (Phi) is 6.74. The highest BCUT2D eigenvalue weighted by Crippen LogP contribution is 2.58. The quantitative estimate of drug-likeness (QED) is 0.251. The molecule has 1 N–H and O–H groups in total. The van der Waals surface area contributed by atoms with E-state index in [-0.39, 0.29) is 25.1 Å². The lowest BCUT2D eigenvalue weighted by molar-refractivity contribution is -0.132. The van der Waals surface area contributed by atoms with Crippen molar-refractivity contribution in [3.8, 4) is 34.8 Å². The number of methoxy groups -OCH3 is 1. The molecule has 12 heteroatoms. The van der Waals surface area contributed by atoms with E-state index in [2.05, 4.69) is 15.9 Å². The van der Waals surface area contributed by atoms with Crippen LogP contribution in [0.3, 0.4) is 0 Å². The SMILES string of the molecule is COc1c(C)cc2c(c1O)C1C3Cc4c(OC(C)=O)c(C)c5c(c4C(CN4C(=O)c6ccccc6C4=O)N3[C@@H](C#N)C(C2)N1C)OCO5. The van der Waals surface area contributed by atoms with E-state index in [1.807, 2.05) is 20.0 Å². The Hall–Kier alpha value is -5.12. The molecule has 12 nitrogen and oxygen atoms in total. The van der Waals surface area contributed by atoms with Gasteiger partial charge in [-0.3, -0.25) is 29.1 Å². The summed E-state index contributed by atoms with van der Waals surface area (Å²) in [6, 6.07) is 8.71. The molecule has 0 aliphatic carbocycles. The van der Waals surface area contributed by atoms with Crippen LogP contribution in [0.25, 0.3) is 0 Å². The Balaban J connectivity index is 1.38. The second kappa shape index (κ2) is 10.7. The zero-order valence-electron chi connectivity index (χ0n) is 27.2. The fraction of sp³-hybridized carbons (Fsp3) is 0.389. The molecule has 1 fully saturated rings. The van der Waals surface area contributed by atoms with E-state index in [4.69, 9.17) is 18.9 Å². The summed E-state index contributed by atoms with van der Waals surface area (Å²) in [6.45, 7) is 4.86. The number of phenols is 1. The van der Waals surface area contributed by atoms with E-state index in [0.717, 1.165) is 11.1 Å². The zero-order chi connectivity index (χ0) is 33.8. The summed E-state index contributed by atoms with van der Waals surface area (Å²) in [5.41, 5.74) is 4.94. The number of nitriles is 1. The first-order valence-electron chi connectivity index (χ1n) is 15.9. The lowest BCUT2D eigenvalue weighted by Crippen LogP contribution is -2.68. The lowest BCUT2D eigenvalue weighted by atomic mass is 9.71. The van der Waals surface area contributed by atoms with Crippen molar-refractivity contribution in [1.82, 2.24) is 14.7 Å². The van der Waals surface area contributed by atoms with Gasteiger partial charge in [0, 0.05) is 47.8 Å². The van der Waals surface area contributed by atoms with Crippen molar-refractivity contribution >= 4 is 17.8 Å². The molecule has 0 aromatic heterocycles. The van der Waals surface area contributed by atoms with Crippen LogP contribution in [0, 0.1) is 25.2 Å². The second-order valence-corrected chi connectivity index (χ2v) is 13.1. The number of aryl methyl sites for hydroxylation is 1. The van der Waals surface area contributed by atoms with E-state index >= 15 is 0 Å². The molecule has 5 heterocycles. The first kappa shape index (κ1) is 30.2. The number of imide groups is 1. The van der Waals surface area contributed by atoms with Gasteiger partial charge in [-0.15, -0.1) is 0 Å². The summed E-state index contributed by atoms with van der Waals surface area (Å²) >= 11 is 0. The maximum absolute atomic E-state index is 13.8. The summed E-state index contributed by atoms with van der Waals surface area (Å²) in [5, 5.41) is 22.6. The Labute approximate surface area is 276 Å². The van der Waals surface area contributed by atoms with Crippen molar-refractivity contribution in [3.63, 3.8) is 0 Å². The van der Waals surface area contributed by atoms with E-state index in [1.54, 1.807) is 31.2 Å². The van der Waals surface area contributed by atoms with Crippen molar-refractivity contribution in [2.45, 2.75) is 63.8 Å². The van der Waals surface area contributed by atoms with Crippen LogP contribution in [0.5, 0.6) is 28.7 Å². The van der Waals surface area contributed by atoms with Gasteiger partial charge in [-0.1, -0.05) is 18.2 Å². The summed E-state index contributed by atoms with van der Waals surface area (Å²) in [7, 11) is 3.48. The molecular formula is C36H34N4O8. The number of hydrogen-bond acceptors (Lipinski definition) is 11. The van der Waals surface area contributed by atoms with Gasteiger partial charge in [0.05, 0.1) is 36.4 Å². The largest absolute Gasteiger partial charge is 0.504 e. The summed E-state index contributed by atoms with van der Waals surface area (Å²) in [6.07, 6.45) is 0.794. The fourth-order valence-electron chi connectivity index (χ4n) is 8.87. The molecule has 5 aliphatic heterocycles. The molecule has 4 unspecified atom stereocenters. The first-order valence-corrected chi connectivity index (χ1v) is 15.9. The number of phenolic OH excluding ortho intramolecular Hbond substituents is 1. The first-order chi connectivity index (χ1) is 23.1. The lowest BCUT2D eigenvalue weighted by Gasteiger charge is -2.60. The molecular weight excluding hydrogens is 616 g/mol. The van der Waals surface area contributed by atoms with E-state index < -0.39 is 42.0 Å². The average Bonchev–Trinajstić information content (AvgIpc) is 3.64. The predicted molar refractivity (Wildman–Crippen MR) is 169 cm³/mol. The Bertz CT molecular complexity index is 1970. The van der Waals surface area contributed by atoms with Gasteiger partial charge in [-0.25, -0.2) is 0 Å². The molecule has 3 aromatic carbocycles. The van der Waals surface area contributed by atoms with Crippen LogP contribution in [0.15, 0.2) is 30.3 Å². The number of esters is 1. The number of fused-ring (bicyclic) bond motifs is 10. The van der Waals surface area contributed by atoms with Crippen LogP contribution >= 0.6 is 0 Å². The molecule has 0 saturated carbocycles. The van der Waals surface area contributed by atoms with Crippen LogP contribution in [0.2, 0.25) is 0 Å². The van der Waals surface area contributed by atoms with E-state index in [9.17, 15) is 24.8 Å². The third-order valence-electron chi connectivity index (χ3n) is 10.7. The molecule has 2 amide bonds. The van der Waals surface area contributed by atoms with Gasteiger partial charge in [-0.2, -0.15) is 5.26 Å². The minimum absolute atomic E-state index is 0.0444. The molecule has 246 valence electrons. The Morgan fingerprint density at radius 1 is 1.04 bits per heavy atom. The molecule has 3 aromatic rings. The third kappa shape index (κ3) is 3.98. The number of amides is 2. The summed E-state index contributed by atoms with van der Waals surface area (Å²) in [5.74, 6) is 0.250. The number of carbonyl (C=O) groups is 3. The van der Waals surface area contributed by atoms with Gasteiger partial charge in [0.1, 0.15) is 11.8 Å². The molecule has 0 radical (unpaired) electrons. The third-order valence-corrected chi connectivity index (χ3v) is 10.7. The number of hydrogen-bond donors (Lipinski definition) is 1. The topological polar surface area (TPSA) is 142 Å². The van der Waals surface area contributed by atoms with Crippen LogP contribution in [-0.2, 0) is 17.6 Å². The zero-order valence-corrected chi connectivity index (χ0v) is 27.2. The van der Waals surface area contributed by atoms with Gasteiger partial charge < -0.3 is 24.1 Å². The molecule has 0 spiro atoms. The Morgan fingerprint density at radius 2 is 1.73 bits per heavy atom. The monoisotopic (exact) mass is 650 g/mol. The number of piperazine rings is 1. The molecule has 48 heavy (non-hydrogen) atoms. The van der Waals surface area contributed by atoms with E-state index in [0.29, 0.717) is 69.2 Å². The highest BCUT2D eigenvalue weighted by Gasteiger charge is 2.57. The van der Waals surface area contributed by atoms with Crippen LogP contribution < -0.4 is 18.9 Å². The molecule has 1 saturated heterocycles. The van der Waals surface area contributed by atoms with Gasteiger partial charge >= 0.3 is 5.97 Å². The van der Waals surface area contributed by atoms with Crippen LogP contribution in [-0.4, -0.2) is 83.2 Å². The number of nitrogens with zero attached hydrogens (tertiary/aromatic N) is 4. The molecule has 5 atom stereocenters. The number of aromatic hydroxyl groups is 1. The highest BCUT2D eigenvalue weighted by atomic mass is 16.7. The number of benzene rings is 3. The van der Waals surface area contributed by atoms with Crippen molar-refractivity contribution < 1.29 is 38.4 Å². The normalized spacial score (nSPS) is 25.2. The van der Waals surface area contributed by atoms with Crippen LogP contribution in [0.4, 0.5) is 0 Å².